The molecule has 414 valence electrons. The van der Waals surface area contributed by atoms with Crippen LogP contribution in [-0.2, 0) is 61.8 Å². The van der Waals surface area contributed by atoms with E-state index in [9.17, 15) is 87.5 Å². The first-order chi connectivity index (χ1) is 33.8. The molecule has 1 aliphatic rings. The molecule has 73 heavy (non-hydrogen) atoms. The van der Waals surface area contributed by atoms with E-state index in [0.717, 1.165) is 18.7 Å². The maximum absolute atomic E-state index is 14.0. The molecule has 10 amide bonds. The van der Waals surface area contributed by atoms with Crippen LogP contribution in [0.1, 0.15) is 72.6 Å². The Bertz CT molecular complexity index is 2070. The van der Waals surface area contributed by atoms with Crippen LogP contribution in [-0.4, -0.2) is 199 Å². The Kier molecular flexibility index (Phi) is 26.8. The van der Waals surface area contributed by atoms with Crippen molar-refractivity contribution in [3.63, 3.8) is 0 Å². The number of aliphatic hydroxyl groups excluding tert-OH is 3. The van der Waals surface area contributed by atoms with E-state index in [2.05, 4.69) is 36.1 Å². The molecule has 34 heteroatoms. The van der Waals surface area contributed by atoms with Gasteiger partial charge >= 0.3 is 13.8 Å². The standard InChI is InChI=1S/C39H69N14O19P/c1-16(2)27(38(67)68)50-32(61)21(13-26(42)58)47-35(64)24-8-6-12-53(24)37(66)29(18(4)56)52-34(63)23(15-72-73(69,70)71)49-36(65)28(17(3)55)51-33(62)22(14-54)48-31(60)20(7-5-11-45-39(43)44)46-30(59)19(40)9-10-25(41)57/h16-24,27-29,54-56H,5-15,40H2,1-4H3,(H2,41,57)(H2,42,58)(H,46,59)(H,47,64)(H,48,60)(H,49,65)(H,50,61)(H,51,62)(H,52,63)(H,67,68)(H4,43,44,45)(H2,69,70,71)/t17-,18-,19+,20+,21+,22+,23+,24+,27+,28+,29+/m1/s1. The number of aliphatic imine (C=N–C) groups is 1. The zero-order valence-electron chi connectivity index (χ0n) is 40.4. The van der Waals surface area contributed by atoms with E-state index in [0.29, 0.717) is 0 Å². The highest BCUT2D eigenvalue weighted by Gasteiger charge is 2.42. The summed E-state index contributed by atoms with van der Waals surface area (Å²) in [5.74, 6) is -13.7. The first kappa shape index (κ1) is 64.4. The quantitative estimate of drug-likeness (QED) is 0.0129. The average Bonchev–Trinajstić information content (AvgIpc) is 3.78. The first-order valence-electron chi connectivity index (χ1n) is 22.5. The van der Waals surface area contributed by atoms with Gasteiger partial charge < -0.3 is 101 Å². The smallest absolute Gasteiger partial charge is 0.469 e. The van der Waals surface area contributed by atoms with Crippen molar-refractivity contribution in [2.24, 2.45) is 39.6 Å². The molecule has 33 nitrogen and oxygen atoms in total. The van der Waals surface area contributed by atoms with Crippen molar-refractivity contribution in [1.29, 1.82) is 0 Å². The zero-order valence-corrected chi connectivity index (χ0v) is 41.3. The van der Waals surface area contributed by atoms with E-state index < -0.39 is 165 Å². The fourth-order valence-electron chi connectivity index (χ4n) is 6.79. The second-order valence-electron chi connectivity index (χ2n) is 17.2. The molecule has 11 atom stereocenters. The predicted molar refractivity (Wildman–Crippen MR) is 249 cm³/mol. The zero-order chi connectivity index (χ0) is 56.1. The third kappa shape index (κ3) is 22.8. The summed E-state index contributed by atoms with van der Waals surface area (Å²) in [4.78, 5) is 166. The number of carboxylic acid groups (broad SMARTS) is 1. The second-order valence-corrected chi connectivity index (χ2v) is 18.4. The lowest BCUT2D eigenvalue weighted by atomic mass is 10.0. The van der Waals surface area contributed by atoms with Crippen LogP contribution >= 0.6 is 7.82 Å². The van der Waals surface area contributed by atoms with Crippen LogP contribution in [0.5, 0.6) is 0 Å². The van der Waals surface area contributed by atoms with Gasteiger partial charge in [-0.3, -0.25) is 57.5 Å². The molecule has 1 heterocycles. The highest BCUT2D eigenvalue weighted by atomic mass is 31.2. The maximum Gasteiger partial charge on any atom is 0.469 e. The van der Waals surface area contributed by atoms with E-state index in [1.165, 1.54) is 13.8 Å². The van der Waals surface area contributed by atoms with E-state index in [4.69, 9.17) is 28.7 Å². The van der Waals surface area contributed by atoms with E-state index >= 15 is 0 Å². The number of carbonyl (C=O) groups excluding carboxylic acids is 10. The lowest BCUT2D eigenvalue weighted by molar-refractivity contribution is -0.145. The van der Waals surface area contributed by atoms with Crippen LogP contribution in [0.2, 0.25) is 0 Å². The fraction of sp³-hybridized carbons (Fsp3) is 0.692. The van der Waals surface area contributed by atoms with Gasteiger partial charge in [-0.2, -0.15) is 0 Å². The molecule has 1 aliphatic heterocycles. The van der Waals surface area contributed by atoms with Crippen molar-refractivity contribution < 1.29 is 92.0 Å². The lowest BCUT2D eigenvalue weighted by Gasteiger charge is -2.32. The van der Waals surface area contributed by atoms with E-state index in [1.54, 1.807) is 0 Å². The number of hydrogen-bond acceptors (Lipinski definition) is 18. The van der Waals surface area contributed by atoms with Gasteiger partial charge in [0, 0.05) is 19.5 Å². The van der Waals surface area contributed by atoms with Crippen LogP contribution in [0.4, 0.5) is 0 Å². The number of hydrogen-bond donors (Lipinski definition) is 18. The Labute approximate surface area is 417 Å². The van der Waals surface area contributed by atoms with Crippen LogP contribution in [0.25, 0.3) is 0 Å². The summed E-state index contributed by atoms with van der Waals surface area (Å²) in [5, 5.41) is 56.0. The van der Waals surface area contributed by atoms with Crippen LogP contribution < -0.4 is 65.9 Å². The molecular formula is C39H69N14O19P. The van der Waals surface area contributed by atoms with Gasteiger partial charge in [-0.05, 0) is 51.9 Å². The summed E-state index contributed by atoms with van der Waals surface area (Å²) in [6, 6.07) is -15.6. The molecule has 0 unspecified atom stereocenters. The summed E-state index contributed by atoms with van der Waals surface area (Å²) in [6.45, 7) is 2.21. The number of primary amides is 2. The molecule has 0 aromatic heterocycles. The van der Waals surface area contributed by atoms with Crippen molar-refractivity contribution >= 4 is 78.8 Å². The number of phosphoric acid groups is 1. The van der Waals surface area contributed by atoms with Crippen LogP contribution in [0.3, 0.4) is 0 Å². The summed E-state index contributed by atoms with van der Waals surface area (Å²) in [5.41, 5.74) is 26.8. The van der Waals surface area contributed by atoms with E-state index in [-0.39, 0.29) is 57.6 Å². The monoisotopic (exact) mass is 1070 g/mol. The van der Waals surface area contributed by atoms with Gasteiger partial charge in [-0.15, -0.1) is 0 Å². The molecule has 0 bridgehead atoms. The summed E-state index contributed by atoms with van der Waals surface area (Å²) < 4.78 is 16.1. The van der Waals surface area contributed by atoms with Gasteiger partial charge in [-0.25, -0.2) is 9.36 Å². The molecular weight excluding hydrogens is 999 g/mol. The minimum atomic E-state index is -5.44. The SMILES string of the molecule is CC(C)[C@H](NC(=O)[C@H](CC(N)=O)NC(=O)[C@@H]1CCCN1C(=O)[C@@H](NC(=O)[C@H](COP(=O)(O)O)NC(=O)[C@@H](NC(=O)[C@H](CO)NC(=O)[C@H](CCCN=C(N)N)NC(=O)[C@@H](N)CCC(N)=O)[C@@H](C)O)[C@@H](C)O)C(=O)O. The first-order valence-corrected chi connectivity index (χ1v) is 24.0. The van der Waals surface area contributed by atoms with Gasteiger partial charge in [-0.1, -0.05) is 13.8 Å². The van der Waals surface area contributed by atoms with Gasteiger partial charge in [0.05, 0.1) is 37.9 Å². The number of likely N-dealkylation sites (tertiary alicyclic amines) is 1. The minimum Gasteiger partial charge on any atom is -0.480 e. The molecule has 1 fully saturated rings. The molecule has 0 aromatic rings. The molecule has 1 saturated heterocycles. The molecule has 1 rings (SSSR count). The second kappa shape index (κ2) is 30.4. The Morgan fingerprint density at radius 1 is 0.685 bits per heavy atom. The number of aliphatic carboxylic acids is 1. The fourth-order valence-corrected chi connectivity index (χ4v) is 7.13. The average molecular weight is 1070 g/mol. The Balaban J connectivity index is 3.38. The number of nitrogens with one attached hydrogen (secondary N) is 7. The van der Waals surface area contributed by atoms with E-state index in [1.807, 2.05) is 10.6 Å². The number of nitrogens with two attached hydrogens (primary N) is 5. The number of amides is 10. The third-order valence-corrected chi connectivity index (χ3v) is 11.2. The molecule has 0 aliphatic carbocycles. The number of guanidine groups is 1. The highest BCUT2D eigenvalue weighted by molar-refractivity contribution is 7.46. The summed E-state index contributed by atoms with van der Waals surface area (Å²) >= 11 is 0. The van der Waals surface area contributed by atoms with Crippen molar-refractivity contribution in [1.82, 2.24) is 42.1 Å². The molecule has 0 saturated carbocycles. The topological polar surface area (TPSA) is 565 Å². The van der Waals surface area contributed by atoms with Crippen molar-refractivity contribution in [3.05, 3.63) is 0 Å². The number of carboxylic acids is 1. The van der Waals surface area contributed by atoms with Crippen molar-refractivity contribution in [2.45, 2.75) is 139 Å². The van der Waals surface area contributed by atoms with Crippen LogP contribution in [0.15, 0.2) is 4.99 Å². The number of carbonyl (C=O) groups is 11. The number of nitrogens with zero attached hydrogens (tertiary/aromatic N) is 2. The molecule has 0 radical (unpaired) electrons. The molecule has 23 N–H and O–H groups in total. The van der Waals surface area contributed by atoms with Gasteiger partial charge in [0.15, 0.2) is 5.96 Å². The van der Waals surface area contributed by atoms with Gasteiger partial charge in [0.25, 0.3) is 0 Å². The minimum absolute atomic E-state index is 0.0286. The van der Waals surface area contributed by atoms with Gasteiger partial charge in [0.1, 0.15) is 48.3 Å². The number of rotatable bonds is 32. The number of phosphoric ester groups is 1. The maximum atomic E-state index is 14.0. The highest BCUT2D eigenvalue weighted by Crippen LogP contribution is 2.35. The van der Waals surface area contributed by atoms with Crippen LogP contribution in [0, 0.1) is 5.92 Å². The lowest BCUT2D eigenvalue weighted by Crippen LogP contribution is -2.63. The summed E-state index contributed by atoms with van der Waals surface area (Å²) in [7, 11) is -5.44. The molecule has 0 aromatic carbocycles. The Morgan fingerprint density at radius 3 is 1.71 bits per heavy atom. The summed E-state index contributed by atoms with van der Waals surface area (Å²) in [6.07, 6.45) is -5.00. The van der Waals surface area contributed by atoms with Crippen molar-refractivity contribution in [3.8, 4) is 0 Å². The van der Waals surface area contributed by atoms with Gasteiger partial charge in [0.2, 0.25) is 59.1 Å². The van der Waals surface area contributed by atoms with Crippen molar-refractivity contribution in [2.75, 3.05) is 26.3 Å². The predicted octanol–water partition coefficient (Wildman–Crippen LogP) is -9.50. The molecule has 0 spiro atoms. The Morgan fingerprint density at radius 2 is 1.21 bits per heavy atom. The largest absolute Gasteiger partial charge is 0.480 e. The number of aliphatic hydroxyl groups is 3. The Hall–Kier alpha value is -6.61. The third-order valence-electron chi connectivity index (χ3n) is 10.7. The normalized spacial score (nSPS) is 17.6.